The Balaban J connectivity index is 2.33. The third-order valence-corrected chi connectivity index (χ3v) is 1.92. The molecular formula is C6H9IN2O2. The van der Waals surface area contributed by atoms with E-state index in [1.54, 1.807) is 0 Å². The van der Waals surface area contributed by atoms with Crippen LogP contribution in [0.5, 0.6) is 0 Å². The molecule has 0 saturated heterocycles. The zero-order chi connectivity index (χ0) is 8.27. The summed E-state index contributed by atoms with van der Waals surface area (Å²) in [6.07, 6.45) is 0.794. The molecule has 1 atom stereocenters. The number of amidine groups is 1. The van der Waals surface area contributed by atoms with Gasteiger partial charge in [-0.15, -0.1) is 0 Å². The number of nitrogens with one attached hydrogen (secondary N) is 1. The fourth-order valence-corrected chi connectivity index (χ4v) is 0.959. The molecule has 1 rings (SSSR count). The summed E-state index contributed by atoms with van der Waals surface area (Å²) in [6, 6.07) is 0. The minimum absolute atomic E-state index is 0.0259. The zero-order valence-corrected chi connectivity index (χ0v) is 8.29. The maximum absolute atomic E-state index is 10.8. The van der Waals surface area contributed by atoms with Crippen molar-refractivity contribution in [3.05, 3.63) is 0 Å². The van der Waals surface area contributed by atoms with Gasteiger partial charge in [-0.05, 0) is 6.92 Å². The van der Waals surface area contributed by atoms with Gasteiger partial charge in [0.2, 0.25) is 5.91 Å². The van der Waals surface area contributed by atoms with Gasteiger partial charge in [0.25, 0.3) is 0 Å². The molecule has 1 amide bonds. The highest BCUT2D eigenvalue weighted by Gasteiger charge is 2.17. The van der Waals surface area contributed by atoms with Crippen molar-refractivity contribution in [1.29, 1.82) is 0 Å². The molecule has 0 spiro atoms. The van der Waals surface area contributed by atoms with E-state index in [9.17, 15) is 4.79 Å². The minimum atomic E-state index is -0.0259. The summed E-state index contributed by atoms with van der Waals surface area (Å²) >= 11 is 2.00. The molecule has 0 aromatic heterocycles. The van der Waals surface area contributed by atoms with Gasteiger partial charge in [0, 0.05) is 6.42 Å². The second kappa shape index (κ2) is 3.89. The molecule has 1 aliphatic rings. The Morgan fingerprint density at radius 3 is 3.18 bits per heavy atom. The molecular weight excluding hydrogens is 259 g/mol. The molecule has 0 bridgehead atoms. The van der Waals surface area contributed by atoms with Crippen molar-refractivity contribution in [2.24, 2.45) is 5.16 Å². The monoisotopic (exact) mass is 268 g/mol. The second-order valence-corrected chi connectivity index (χ2v) is 3.10. The van der Waals surface area contributed by atoms with Crippen molar-refractivity contribution in [3.8, 4) is 0 Å². The number of amides is 1. The molecule has 0 aromatic rings. The molecule has 1 unspecified atom stereocenters. The lowest BCUT2D eigenvalue weighted by molar-refractivity contribution is -0.117. The third kappa shape index (κ3) is 2.64. The van der Waals surface area contributed by atoms with E-state index in [0.29, 0.717) is 16.7 Å². The summed E-state index contributed by atoms with van der Waals surface area (Å²) in [6.45, 7) is 1.91. The number of rotatable bonds is 1. The summed E-state index contributed by atoms with van der Waals surface area (Å²) in [5.74, 6) is 0.612. The van der Waals surface area contributed by atoms with Crippen LogP contribution in [0.3, 0.4) is 0 Å². The third-order valence-electron chi connectivity index (χ3n) is 1.23. The number of hydrogen-bond donors (Lipinski definition) is 1. The van der Waals surface area contributed by atoms with Gasteiger partial charge in [0.15, 0.2) is 5.84 Å². The molecule has 0 saturated carbocycles. The van der Waals surface area contributed by atoms with E-state index in [2.05, 4.69) is 10.5 Å². The first-order valence-corrected chi connectivity index (χ1v) is 4.83. The number of nitrogens with zero attached hydrogens (tertiary/aromatic N) is 1. The maximum atomic E-state index is 10.8. The topological polar surface area (TPSA) is 50.7 Å². The van der Waals surface area contributed by atoms with Crippen molar-refractivity contribution >= 4 is 34.3 Å². The zero-order valence-electron chi connectivity index (χ0n) is 6.13. The Kier molecular flexibility index (Phi) is 3.10. The fraction of sp³-hybridized carbons (Fsp3) is 0.667. The quantitative estimate of drug-likeness (QED) is 0.561. The van der Waals surface area contributed by atoms with Gasteiger partial charge in [-0.2, -0.15) is 0 Å². The van der Waals surface area contributed by atoms with Crippen LogP contribution in [0.25, 0.3) is 0 Å². The van der Waals surface area contributed by atoms with Gasteiger partial charge >= 0.3 is 0 Å². The summed E-state index contributed by atoms with van der Waals surface area (Å²) in [5, 5.41) is 6.32. The number of carbonyl (C=O) groups excluding carboxylic acids is 1. The number of oxime groups is 1. The van der Waals surface area contributed by atoms with E-state index < -0.39 is 0 Å². The molecule has 4 nitrogen and oxygen atoms in total. The Morgan fingerprint density at radius 2 is 2.73 bits per heavy atom. The standard InChI is InChI=1S/C6H9IN2O2/c1-4-2-5(9-11-4)8-6(10)3-7/h4H,2-3H2,1H3,(H,8,9,10). The summed E-state index contributed by atoms with van der Waals surface area (Å²) in [5.41, 5.74) is 0. The van der Waals surface area contributed by atoms with E-state index in [4.69, 9.17) is 4.84 Å². The lowest BCUT2D eigenvalue weighted by atomic mass is 10.3. The first-order chi connectivity index (χ1) is 5.22. The normalized spacial score (nSPS) is 22.4. The molecule has 0 fully saturated rings. The lowest BCUT2D eigenvalue weighted by Crippen LogP contribution is -2.30. The van der Waals surface area contributed by atoms with Crippen molar-refractivity contribution in [3.63, 3.8) is 0 Å². The van der Waals surface area contributed by atoms with Crippen LogP contribution in [0.1, 0.15) is 13.3 Å². The van der Waals surface area contributed by atoms with Crippen molar-refractivity contribution in [2.45, 2.75) is 19.4 Å². The van der Waals surface area contributed by atoms with Gasteiger partial charge in [-0.25, -0.2) is 0 Å². The molecule has 0 radical (unpaired) electrons. The Morgan fingerprint density at radius 1 is 2.00 bits per heavy atom. The minimum Gasteiger partial charge on any atom is -0.391 e. The van der Waals surface area contributed by atoms with Crippen molar-refractivity contribution in [1.82, 2.24) is 5.32 Å². The molecule has 5 heteroatoms. The van der Waals surface area contributed by atoms with Crippen molar-refractivity contribution < 1.29 is 9.63 Å². The van der Waals surface area contributed by atoms with E-state index in [0.717, 1.165) is 0 Å². The first kappa shape index (κ1) is 8.76. The van der Waals surface area contributed by atoms with Crippen LogP contribution >= 0.6 is 22.6 Å². The Labute approximate surface area is 78.5 Å². The Hall–Kier alpha value is -0.330. The molecule has 1 aliphatic heterocycles. The highest BCUT2D eigenvalue weighted by Crippen LogP contribution is 2.06. The van der Waals surface area contributed by atoms with Crippen LogP contribution in [-0.2, 0) is 9.63 Å². The summed E-state index contributed by atoms with van der Waals surface area (Å²) in [4.78, 5) is 15.7. The predicted octanol–water partition coefficient (Wildman–Crippen LogP) is 0.660. The first-order valence-electron chi connectivity index (χ1n) is 3.31. The molecule has 0 aliphatic carbocycles. The van der Waals surface area contributed by atoms with Crippen LogP contribution < -0.4 is 5.32 Å². The lowest BCUT2D eigenvalue weighted by Gasteiger charge is -1.98. The SMILES string of the molecule is CC1CC(NC(=O)CI)=NO1. The highest BCUT2D eigenvalue weighted by molar-refractivity contribution is 14.1. The molecule has 1 N–H and O–H groups in total. The van der Waals surface area contributed by atoms with Gasteiger partial charge in [0.05, 0.1) is 4.43 Å². The fourth-order valence-electron chi connectivity index (χ4n) is 0.769. The second-order valence-electron chi connectivity index (χ2n) is 2.34. The summed E-state index contributed by atoms with van der Waals surface area (Å²) < 4.78 is 0.450. The van der Waals surface area contributed by atoms with E-state index >= 15 is 0 Å². The number of alkyl halides is 1. The van der Waals surface area contributed by atoms with E-state index in [1.807, 2.05) is 29.5 Å². The number of hydrogen-bond acceptors (Lipinski definition) is 3. The van der Waals surface area contributed by atoms with Crippen LogP contribution in [0.2, 0.25) is 0 Å². The summed E-state index contributed by atoms with van der Waals surface area (Å²) in [7, 11) is 0. The van der Waals surface area contributed by atoms with Crippen LogP contribution in [0.15, 0.2) is 5.16 Å². The smallest absolute Gasteiger partial charge is 0.235 e. The molecule has 0 aromatic carbocycles. The van der Waals surface area contributed by atoms with E-state index in [1.165, 1.54) is 0 Å². The van der Waals surface area contributed by atoms with Gasteiger partial charge in [0.1, 0.15) is 6.10 Å². The van der Waals surface area contributed by atoms with Crippen LogP contribution in [0, 0.1) is 0 Å². The number of carbonyl (C=O) groups is 1. The molecule has 1 heterocycles. The predicted molar refractivity (Wildman–Crippen MR) is 49.6 cm³/mol. The molecule has 62 valence electrons. The van der Waals surface area contributed by atoms with Gasteiger partial charge in [-0.3, -0.25) is 4.79 Å². The van der Waals surface area contributed by atoms with Gasteiger partial charge < -0.3 is 10.2 Å². The largest absolute Gasteiger partial charge is 0.391 e. The average molecular weight is 268 g/mol. The average Bonchev–Trinajstić information content (AvgIpc) is 2.35. The highest BCUT2D eigenvalue weighted by atomic mass is 127. The maximum Gasteiger partial charge on any atom is 0.235 e. The van der Waals surface area contributed by atoms with Gasteiger partial charge in [-0.1, -0.05) is 27.7 Å². The Bertz CT molecular complexity index is 193. The molecule has 11 heavy (non-hydrogen) atoms. The van der Waals surface area contributed by atoms with E-state index in [-0.39, 0.29) is 12.0 Å². The van der Waals surface area contributed by atoms with Crippen molar-refractivity contribution in [2.75, 3.05) is 4.43 Å². The number of halogens is 1. The van der Waals surface area contributed by atoms with Crippen LogP contribution in [0.4, 0.5) is 0 Å². The van der Waals surface area contributed by atoms with Crippen LogP contribution in [-0.4, -0.2) is 22.3 Å².